The molecule has 0 atom stereocenters. The first-order valence-corrected chi connectivity index (χ1v) is 6.92. The van der Waals surface area contributed by atoms with Crippen LogP contribution in [0.3, 0.4) is 0 Å². The Kier molecular flexibility index (Phi) is 7.87. The molecule has 0 spiro atoms. The summed E-state index contributed by atoms with van der Waals surface area (Å²) in [6.07, 6.45) is 1.47. The minimum absolute atomic E-state index is 0.0316. The number of anilines is 1. The highest BCUT2D eigenvalue weighted by molar-refractivity contribution is 5.90. The van der Waals surface area contributed by atoms with Crippen molar-refractivity contribution in [3.05, 3.63) is 29.8 Å². The van der Waals surface area contributed by atoms with E-state index in [4.69, 9.17) is 10.5 Å². The molecule has 0 aromatic heterocycles. The van der Waals surface area contributed by atoms with Crippen LogP contribution in [0.25, 0.3) is 0 Å². The smallest absolute Gasteiger partial charge is 0.225 e. The fourth-order valence-electron chi connectivity index (χ4n) is 1.83. The summed E-state index contributed by atoms with van der Waals surface area (Å²) in [6.45, 7) is 2.95. The first-order valence-electron chi connectivity index (χ1n) is 6.92. The van der Waals surface area contributed by atoms with E-state index >= 15 is 0 Å². The molecule has 0 aliphatic heterocycles. The summed E-state index contributed by atoms with van der Waals surface area (Å²) in [4.78, 5) is 13.9. The van der Waals surface area contributed by atoms with Crippen LogP contribution in [-0.4, -0.2) is 44.7 Å². The number of carbonyl (C=O) groups excluding carboxylic acids is 1. The lowest BCUT2D eigenvalue weighted by molar-refractivity contribution is -0.116. The molecule has 0 radical (unpaired) electrons. The van der Waals surface area contributed by atoms with Crippen molar-refractivity contribution in [1.29, 1.82) is 0 Å². The average molecular weight is 279 g/mol. The van der Waals surface area contributed by atoms with Crippen molar-refractivity contribution in [2.24, 2.45) is 5.73 Å². The zero-order valence-electron chi connectivity index (χ0n) is 12.4. The summed E-state index contributed by atoms with van der Waals surface area (Å²) in [5.74, 6) is 0.0316. The number of nitrogens with zero attached hydrogens (tertiary/aromatic N) is 1. The minimum atomic E-state index is 0.0316. The van der Waals surface area contributed by atoms with Gasteiger partial charge in [-0.2, -0.15) is 0 Å². The molecule has 0 bridgehead atoms. The van der Waals surface area contributed by atoms with Gasteiger partial charge in [-0.1, -0.05) is 12.1 Å². The second-order valence-electron chi connectivity index (χ2n) is 4.85. The van der Waals surface area contributed by atoms with Crippen molar-refractivity contribution in [2.45, 2.75) is 19.4 Å². The molecule has 0 saturated heterocycles. The van der Waals surface area contributed by atoms with Crippen LogP contribution in [-0.2, 0) is 16.1 Å². The van der Waals surface area contributed by atoms with Crippen LogP contribution in [0.4, 0.5) is 5.69 Å². The highest BCUT2D eigenvalue weighted by atomic mass is 16.5. The van der Waals surface area contributed by atoms with Gasteiger partial charge in [0.25, 0.3) is 0 Å². The quantitative estimate of drug-likeness (QED) is 0.671. The maximum atomic E-state index is 11.8. The zero-order valence-corrected chi connectivity index (χ0v) is 12.4. The van der Waals surface area contributed by atoms with Gasteiger partial charge < -0.3 is 20.7 Å². The van der Waals surface area contributed by atoms with Crippen LogP contribution < -0.4 is 11.1 Å². The van der Waals surface area contributed by atoms with Crippen molar-refractivity contribution >= 4 is 11.6 Å². The zero-order chi connectivity index (χ0) is 14.8. The lowest BCUT2D eigenvalue weighted by atomic mass is 10.2. The van der Waals surface area contributed by atoms with E-state index in [0.717, 1.165) is 37.4 Å². The van der Waals surface area contributed by atoms with Gasteiger partial charge in [0.2, 0.25) is 5.91 Å². The standard InChI is InChI=1S/C15H25N3O2/c1-18(9-3-11-20-2)10-8-15(19)17-14-6-4-13(12-16)5-7-14/h4-7H,3,8-12,16H2,1-2H3,(H,17,19). The van der Waals surface area contributed by atoms with Gasteiger partial charge in [0, 0.05) is 45.5 Å². The predicted molar refractivity (Wildman–Crippen MR) is 81.6 cm³/mol. The Labute approximate surface area is 121 Å². The number of nitrogens with two attached hydrogens (primary N) is 1. The molecule has 112 valence electrons. The monoisotopic (exact) mass is 279 g/mol. The molecule has 0 aliphatic rings. The molecule has 5 heteroatoms. The summed E-state index contributed by atoms with van der Waals surface area (Å²) in [6, 6.07) is 7.60. The Morgan fingerprint density at radius 2 is 2.00 bits per heavy atom. The number of hydrogen-bond donors (Lipinski definition) is 2. The number of nitrogens with one attached hydrogen (secondary N) is 1. The second kappa shape index (κ2) is 9.47. The number of hydrogen-bond acceptors (Lipinski definition) is 4. The normalized spacial score (nSPS) is 10.8. The predicted octanol–water partition coefficient (Wildman–Crippen LogP) is 1.44. The molecule has 1 aromatic carbocycles. The molecule has 1 amide bonds. The molecule has 0 saturated carbocycles. The highest BCUT2D eigenvalue weighted by Gasteiger charge is 2.05. The Hall–Kier alpha value is -1.43. The molecule has 3 N–H and O–H groups in total. The highest BCUT2D eigenvalue weighted by Crippen LogP contribution is 2.09. The maximum Gasteiger partial charge on any atom is 0.225 e. The third kappa shape index (κ3) is 6.65. The third-order valence-corrected chi connectivity index (χ3v) is 3.08. The molecular weight excluding hydrogens is 254 g/mol. The summed E-state index contributed by atoms with van der Waals surface area (Å²) >= 11 is 0. The van der Waals surface area contributed by atoms with Crippen molar-refractivity contribution in [2.75, 3.05) is 39.2 Å². The van der Waals surface area contributed by atoms with Crippen LogP contribution in [0.5, 0.6) is 0 Å². The van der Waals surface area contributed by atoms with Gasteiger partial charge in [-0.15, -0.1) is 0 Å². The van der Waals surface area contributed by atoms with Crippen molar-refractivity contribution in [3.8, 4) is 0 Å². The molecule has 0 unspecified atom stereocenters. The number of amides is 1. The van der Waals surface area contributed by atoms with Gasteiger partial charge in [-0.05, 0) is 31.2 Å². The van der Waals surface area contributed by atoms with Gasteiger partial charge >= 0.3 is 0 Å². The average Bonchev–Trinajstić information content (AvgIpc) is 2.46. The Morgan fingerprint density at radius 3 is 2.60 bits per heavy atom. The topological polar surface area (TPSA) is 67.6 Å². The summed E-state index contributed by atoms with van der Waals surface area (Å²) in [5.41, 5.74) is 7.40. The molecule has 1 aromatic rings. The molecule has 0 fully saturated rings. The van der Waals surface area contributed by atoms with Gasteiger partial charge in [0.1, 0.15) is 0 Å². The van der Waals surface area contributed by atoms with Crippen LogP contribution in [0.2, 0.25) is 0 Å². The Balaban J connectivity index is 2.25. The summed E-state index contributed by atoms with van der Waals surface area (Å²) in [5, 5.41) is 2.88. The molecule has 0 aliphatic carbocycles. The van der Waals surface area contributed by atoms with Gasteiger partial charge in [0.05, 0.1) is 0 Å². The Bertz CT molecular complexity index is 393. The van der Waals surface area contributed by atoms with Crippen molar-refractivity contribution in [1.82, 2.24) is 4.90 Å². The molecule has 5 nitrogen and oxygen atoms in total. The van der Waals surface area contributed by atoms with E-state index in [1.165, 1.54) is 0 Å². The van der Waals surface area contributed by atoms with E-state index in [1.54, 1.807) is 7.11 Å². The second-order valence-corrected chi connectivity index (χ2v) is 4.85. The molecular formula is C15H25N3O2. The van der Waals surface area contributed by atoms with Crippen molar-refractivity contribution < 1.29 is 9.53 Å². The van der Waals surface area contributed by atoms with E-state index < -0.39 is 0 Å². The number of benzene rings is 1. The number of rotatable bonds is 9. The van der Waals surface area contributed by atoms with Crippen LogP contribution >= 0.6 is 0 Å². The van der Waals surface area contributed by atoms with Gasteiger partial charge in [-0.25, -0.2) is 0 Å². The number of methoxy groups -OCH3 is 1. The fraction of sp³-hybridized carbons (Fsp3) is 0.533. The largest absolute Gasteiger partial charge is 0.385 e. The number of ether oxygens (including phenoxy) is 1. The van der Waals surface area contributed by atoms with Crippen molar-refractivity contribution in [3.63, 3.8) is 0 Å². The first kappa shape index (κ1) is 16.6. The SMILES string of the molecule is COCCCN(C)CCC(=O)Nc1ccc(CN)cc1. The van der Waals surface area contributed by atoms with E-state index in [1.807, 2.05) is 31.3 Å². The first-order chi connectivity index (χ1) is 9.65. The summed E-state index contributed by atoms with van der Waals surface area (Å²) in [7, 11) is 3.71. The minimum Gasteiger partial charge on any atom is -0.385 e. The fourth-order valence-corrected chi connectivity index (χ4v) is 1.83. The number of carbonyl (C=O) groups is 1. The van der Waals surface area contributed by atoms with Crippen LogP contribution in [0.15, 0.2) is 24.3 Å². The lowest BCUT2D eigenvalue weighted by Crippen LogP contribution is -2.25. The molecule has 0 heterocycles. The van der Waals surface area contributed by atoms with E-state index in [9.17, 15) is 4.79 Å². The summed E-state index contributed by atoms with van der Waals surface area (Å²) < 4.78 is 5.00. The maximum absolute atomic E-state index is 11.8. The van der Waals surface area contributed by atoms with E-state index in [-0.39, 0.29) is 5.91 Å². The van der Waals surface area contributed by atoms with Gasteiger partial charge in [0.15, 0.2) is 0 Å². The molecule has 1 rings (SSSR count). The lowest BCUT2D eigenvalue weighted by Gasteiger charge is -2.15. The van der Waals surface area contributed by atoms with E-state index in [2.05, 4.69) is 10.2 Å². The van der Waals surface area contributed by atoms with E-state index in [0.29, 0.717) is 13.0 Å². The van der Waals surface area contributed by atoms with Crippen LogP contribution in [0.1, 0.15) is 18.4 Å². The Morgan fingerprint density at radius 1 is 1.30 bits per heavy atom. The van der Waals surface area contributed by atoms with Crippen LogP contribution in [0, 0.1) is 0 Å². The van der Waals surface area contributed by atoms with Gasteiger partial charge in [-0.3, -0.25) is 4.79 Å². The third-order valence-electron chi connectivity index (χ3n) is 3.08. The molecule has 20 heavy (non-hydrogen) atoms.